The average Bonchev–Trinajstić information content (AvgIpc) is 1.77. The van der Waals surface area contributed by atoms with Gasteiger partial charge in [0.05, 0.1) is 6.07 Å². The van der Waals surface area contributed by atoms with Crippen LogP contribution in [0.25, 0.3) is 0 Å². The maximum Gasteiger partial charge on any atom is 0.376 e. The van der Waals surface area contributed by atoms with Crippen molar-refractivity contribution >= 4 is 29.6 Å². The molecule has 0 aliphatic carbocycles. The van der Waals surface area contributed by atoms with Crippen LogP contribution in [0.2, 0.25) is 0 Å². The number of pyridine rings is 1. The van der Waals surface area contributed by atoms with E-state index in [9.17, 15) is 5.21 Å². The first kappa shape index (κ1) is 8.75. The predicted octanol–water partition coefficient (Wildman–Crippen LogP) is -0.623. The quantitative estimate of drug-likeness (QED) is 0.292. The minimum absolute atomic E-state index is 0. The van der Waals surface area contributed by atoms with Gasteiger partial charge in [-0.15, -0.1) is 4.73 Å². The first-order valence-corrected chi connectivity index (χ1v) is 2.18. The van der Waals surface area contributed by atoms with Crippen LogP contribution in [0.3, 0.4) is 0 Å². The second kappa shape index (κ2) is 3.71. The van der Waals surface area contributed by atoms with E-state index in [0.717, 1.165) is 0 Å². The van der Waals surface area contributed by atoms with Crippen LogP contribution in [0.5, 0.6) is 5.88 Å². The summed E-state index contributed by atoms with van der Waals surface area (Å²) in [6, 6.07) is 4.46. The molecular formula is C5H6NNaO2. The maximum atomic E-state index is 10.3. The largest absolute Gasteiger partial charge is 0.616 e. The summed E-state index contributed by atoms with van der Waals surface area (Å²) in [7, 11) is 0. The fraction of sp³-hybridized carbons (Fsp3) is 0. The SMILES string of the molecule is [NaH].[O-][n+]1ccccc1O. The Kier molecular flexibility index (Phi) is 3.61. The second-order valence-electron chi connectivity index (χ2n) is 1.38. The van der Waals surface area contributed by atoms with Gasteiger partial charge in [-0.25, -0.2) is 0 Å². The molecule has 0 aliphatic heterocycles. The molecule has 0 bridgehead atoms. The Balaban J connectivity index is 0.000000640. The van der Waals surface area contributed by atoms with Gasteiger partial charge in [0.25, 0.3) is 0 Å². The molecule has 44 valence electrons. The average molecular weight is 135 g/mol. The Labute approximate surface area is 74.8 Å². The molecule has 1 aromatic rings. The topological polar surface area (TPSA) is 47.2 Å². The van der Waals surface area contributed by atoms with Gasteiger partial charge in [0.15, 0.2) is 6.20 Å². The summed E-state index contributed by atoms with van der Waals surface area (Å²) in [4.78, 5) is 0. The van der Waals surface area contributed by atoms with Gasteiger partial charge in [-0.3, -0.25) is 0 Å². The van der Waals surface area contributed by atoms with Crippen LogP contribution in [0.1, 0.15) is 0 Å². The van der Waals surface area contributed by atoms with E-state index in [4.69, 9.17) is 5.11 Å². The summed E-state index contributed by atoms with van der Waals surface area (Å²) >= 11 is 0. The molecule has 0 spiro atoms. The molecule has 9 heavy (non-hydrogen) atoms. The van der Waals surface area contributed by atoms with Crippen molar-refractivity contribution in [2.24, 2.45) is 0 Å². The molecule has 1 aromatic heterocycles. The van der Waals surface area contributed by atoms with Crippen LogP contribution < -0.4 is 4.73 Å². The van der Waals surface area contributed by atoms with Crippen molar-refractivity contribution in [1.29, 1.82) is 0 Å². The van der Waals surface area contributed by atoms with Crippen LogP contribution in [-0.2, 0) is 0 Å². The van der Waals surface area contributed by atoms with Crippen molar-refractivity contribution in [3.63, 3.8) is 0 Å². The van der Waals surface area contributed by atoms with Crippen molar-refractivity contribution in [2.45, 2.75) is 0 Å². The van der Waals surface area contributed by atoms with Gasteiger partial charge in [0.1, 0.15) is 0 Å². The van der Waals surface area contributed by atoms with Crippen molar-refractivity contribution in [3.05, 3.63) is 29.6 Å². The fourth-order valence-electron chi connectivity index (χ4n) is 0.419. The molecule has 0 fully saturated rings. The monoisotopic (exact) mass is 135 g/mol. The summed E-state index contributed by atoms with van der Waals surface area (Å²) in [5.74, 6) is -0.271. The van der Waals surface area contributed by atoms with Gasteiger partial charge in [0, 0.05) is 6.07 Å². The third kappa shape index (κ3) is 2.22. The molecule has 0 saturated carbocycles. The molecule has 3 nitrogen and oxygen atoms in total. The van der Waals surface area contributed by atoms with E-state index < -0.39 is 0 Å². The number of nitrogens with zero attached hydrogens (tertiary/aromatic N) is 1. The van der Waals surface area contributed by atoms with E-state index in [1.165, 1.54) is 12.3 Å². The number of aromatic hydroxyl groups is 1. The smallest absolute Gasteiger partial charge is 0.376 e. The second-order valence-corrected chi connectivity index (χ2v) is 1.38. The molecule has 0 saturated heterocycles. The van der Waals surface area contributed by atoms with Crippen LogP contribution in [0, 0.1) is 5.21 Å². The normalized spacial score (nSPS) is 8.00. The molecule has 0 aromatic carbocycles. The molecule has 0 unspecified atom stereocenters. The van der Waals surface area contributed by atoms with Crippen LogP contribution in [0.4, 0.5) is 0 Å². The van der Waals surface area contributed by atoms with Gasteiger partial charge in [-0.2, -0.15) is 0 Å². The van der Waals surface area contributed by atoms with E-state index >= 15 is 0 Å². The van der Waals surface area contributed by atoms with Crippen LogP contribution in [0.15, 0.2) is 24.4 Å². The van der Waals surface area contributed by atoms with E-state index in [-0.39, 0.29) is 35.4 Å². The zero-order valence-electron chi connectivity index (χ0n) is 4.11. The number of aromatic nitrogens is 1. The van der Waals surface area contributed by atoms with Gasteiger partial charge in [-0.1, -0.05) is 0 Å². The van der Waals surface area contributed by atoms with Crippen LogP contribution in [-0.4, -0.2) is 34.7 Å². The first-order valence-electron chi connectivity index (χ1n) is 2.18. The van der Waals surface area contributed by atoms with E-state index in [2.05, 4.69) is 0 Å². The molecule has 0 amide bonds. The fourth-order valence-corrected chi connectivity index (χ4v) is 0.419. The molecule has 1 rings (SSSR count). The zero-order chi connectivity index (χ0) is 5.98. The van der Waals surface area contributed by atoms with Crippen LogP contribution >= 0.6 is 0 Å². The Morgan fingerprint density at radius 2 is 2.11 bits per heavy atom. The third-order valence-corrected chi connectivity index (χ3v) is 0.804. The molecule has 1 N–H and O–H groups in total. The van der Waals surface area contributed by atoms with Gasteiger partial charge < -0.3 is 10.3 Å². The number of hydrogen-bond acceptors (Lipinski definition) is 2. The van der Waals surface area contributed by atoms with Gasteiger partial charge in [0.2, 0.25) is 0 Å². The van der Waals surface area contributed by atoms with Crippen molar-refractivity contribution in [3.8, 4) is 5.88 Å². The Bertz CT molecular complexity index is 171. The standard InChI is InChI=1S/C5H5NO2.Na.H/c7-5-3-1-2-4-6(5)8;;/h1-4,7H;;. The Hall–Kier alpha value is -0.250. The van der Waals surface area contributed by atoms with Gasteiger partial charge >= 0.3 is 35.4 Å². The van der Waals surface area contributed by atoms with E-state index in [1.807, 2.05) is 0 Å². The maximum absolute atomic E-state index is 10.3. The molecule has 1 heterocycles. The minimum Gasteiger partial charge on any atom is -0.616 e. The predicted molar refractivity (Wildman–Crippen MR) is 34.2 cm³/mol. The third-order valence-electron chi connectivity index (χ3n) is 0.804. The summed E-state index contributed by atoms with van der Waals surface area (Å²) in [5, 5.41) is 18.9. The summed E-state index contributed by atoms with van der Waals surface area (Å²) in [5.41, 5.74) is 0. The number of hydrogen-bond donors (Lipinski definition) is 1. The minimum atomic E-state index is -0.271. The first-order chi connectivity index (χ1) is 3.80. The zero-order valence-corrected chi connectivity index (χ0v) is 4.11. The Morgan fingerprint density at radius 3 is 2.44 bits per heavy atom. The summed E-state index contributed by atoms with van der Waals surface area (Å²) in [6.07, 6.45) is 1.23. The number of rotatable bonds is 0. The Morgan fingerprint density at radius 1 is 1.44 bits per heavy atom. The van der Waals surface area contributed by atoms with E-state index in [0.29, 0.717) is 4.73 Å². The van der Waals surface area contributed by atoms with Crippen molar-refractivity contribution < 1.29 is 9.84 Å². The summed E-state index contributed by atoms with van der Waals surface area (Å²) < 4.78 is 0.389. The van der Waals surface area contributed by atoms with Gasteiger partial charge in [-0.05, 0) is 6.07 Å². The van der Waals surface area contributed by atoms with E-state index in [1.54, 1.807) is 12.1 Å². The molecule has 0 aliphatic rings. The summed E-state index contributed by atoms with van der Waals surface area (Å²) in [6.45, 7) is 0. The van der Waals surface area contributed by atoms with Crippen molar-refractivity contribution in [1.82, 2.24) is 0 Å². The molecule has 0 radical (unpaired) electrons. The molecule has 0 atom stereocenters. The molecular weight excluding hydrogens is 129 g/mol. The van der Waals surface area contributed by atoms with Crippen molar-refractivity contribution in [2.75, 3.05) is 0 Å². The molecule has 4 heteroatoms.